The number of halogens is 1. The average Bonchev–Trinajstić information content (AvgIpc) is 3.54. The zero-order valence-electron chi connectivity index (χ0n) is 25.4. The van der Waals surface area contributed by atoms with Crippen molar-refractivity contribution in [3.63, 3.8) is 0 Å². The molecule has 2 aromatic rings. The molecule has 1 aliphatic heterocycles. The number of nitrogens with one attached hydrogen (secondary N) is 1. The molecule has 1 saturated heterocycles. The maximum Gasteiger partial charge on any atom is 0.258 e. The number of anilines is 1. The van der Waals surface area contributed by atoms with Crippen LogP contribution in [0.3, 0.4) is 0 Å². The lowest BCUT2D eigenvalue weighted by atomic mass is 9.82. The molecule has 7 nitrogen and oxygen atoms in total. The Kier molecular flexibility index (Phi) is 10.0. The zero-order valence-corrected chi connectivity index (χ0v) is 25.4. The lowest BCUT2D eigenvalue weighted by Crippen LogP contribution is -2.23. The van der Waals surface area contributed by atoms with Gasteiger partial charge in [0, 0.05) is 41.5 Å². The molecule has 1 aromatic heterocycles. The van der Waals surface area contributed by atoms with E-state index in [0.717, 1.165) is 41.8 Å². The molecule has 43 heavy (non-hydrogen) atoms. The number of nitrogens with zero attached hydrogens (tertiary/aromatic N) is 1. The van der Waals surface area contributed by atoms with Gasteiger partial charge in [0.2, 0.25) is 0 Å². The van der Waals surface area contributed by atoms with Crippen molar-refractivity contribution in [2.75, 3.05) is 5.32 Å². The minimum atomic E-state index is -0.832. The smallest absolute Gasteiger partial charge is 0.258 e. The van der Waals surface area contributed by atoms with Gasteiger partial charge in [-0.3, -0.25) is 4.79 Å². The molecule has 1 fully saturated rings. The summed E-state index contributed by atoms with van der Waals surface area (Å²) in [6, 6.07) is 9.44. The van der Waals surface area contributed by atoms with Crippen LogP contribution in [0.1, 0.15) is 105 Å². The number of carbonyl (C=O) groups excluding carboxylic acids is 1. The molecule has 2 aliphatic carbocycles. The molecular formula is C35H45FN2O5. The molecule has 6 atom stereocenters. The number of epoxide rings is 1. The van der Waals surface area contributed by atoms with Gasteiger partial charge in [-0.2, -0.15) is 0 Å². The van der Waals surface area contributed by atoms with Gasteiger partial charge in [0.1, 0.15) is 11.9 Å². The van der Waals surface area contributed by atoms with Gasteiger partial charge in [-0.1, -0.05) is 51.1 Å². The molecule has 2 heterocycles. The van der Waals surface area contributed by atoms with Crippen LogP contribution in [0.15, 0.2) is 60.5 Å². The van der Waals surface area contributed by atoms with E-state index in [9.17, 15) is 24.5 Å². The summed E-state index contributed by atoms with van der Waals surface area (Å²) in [5.41, 5.74) is 5.31. The van der Waals surface area contributed by atoms with Crippen LogP contribution in [0, 0.1) is 5.92 Å². The van der Waals surface area contributed by atoms with Crippen molar-refractivity contribution in [2.24, 2.45) is 5.92 Å². The minimum absolute atomic E-state index is 0.0123. The summed E-state index contributed by atoms with van der Waals surface area (Å²) >= 11 is 0. The molecular weight excluding hydrogens is 547 g/mol. The van der Waals surface area contributed by atoms with E-state index in [1.165, 1.54) is 6.08 Å². The maximum absolute atomic E-state index is 14.2. The van der Waals surface area contributed by atoms with Crippen molar-refractivity contribution in [2.45, 2.75) is 109 Å². The number of para-hydroxylation sites is 1. The molecule has 1 amide bonds. The second kappa shape index (κ2) is 13.7. The number of carbonyl (C=O) groups is 1. The first-order chi connectivity index (χ1) is 20.6. The van der Waals surface area contributed by atoms with E-state index in [4.69, 9.17) is 4.74 Å². The molecule has 0 saturated carbocycles. The number of ether oxygens (including phenoxy) is 1. The maximum atomic E-state index is 14.2. The molecule has 5 rings (SSSR count). The predicted octanol–water partition coefficient (Wildman–Crippen LogP) is 6.57. The van der Waals surface area contributed by atoms with Gasteiger partial charge < -0.3 is 29.9 Å². The van der Waals surface area contributed by atoms with Crippen molar-refractivity contribution >= 4 is 17.2 Å². The Bertz CT molecular complexity index is 1380. The zero-order chi connectivity index (χ0) is 30.7. The van der Waals surface area contributed by atoms with Gasteiger partial charge >= 0.3 is 0 Å². The number of hydrogen-bond donors (Lipinski definition) is 4. The van der Waals surface area contributed by atoms with E-state index in [1.54, 1.807) is 6.08 Å². The number of amides is 1. The summed E-state index contributed by atoms with van der Waals surface area (Å²) in [7, 11) is 0. The highest BCUT2D eigenvalue weighted by molar-refractivity contribution is 6.09. The van der Waals surface area contributed by atoms with Gasteiger partial charge in [-0.25, -0.2) is 4.39 Å². The van der Waals surface area contributed by atoms with E-state index in [1.807, 2.05) is 36.4 Å². The summed E-state index contributed by atoms with van der Waals surface area (Å²) in [4.78, 5) is 14.2. The number of aromatic nitrogens is 1. The molecule has 4 N–H and O–H groups in total. The standard InChI is InChI=1S/C35H45FN2O5/c1-21(2)32-31(34(41)37-26-10-5-4-6-11-26)30(24-9-7-8-22(3)18-24)33(23-12-14-25(36)15-13-23)38(32)17-16-27(39)19-28(40)20-29-35(42)43-29/h4-6,9-12,14-15,21-23,27-29,35,39-40,42H,7-8,13,16-20H2,1-3H3,(H,37,41). The molecule has 0 spiro atoms. The predicted molar refractivity (Wildman–Crippen MR) is 166 cm³/mol. The lowest BCUT2D eigenvalue weighted by Gasteiger charge is -2.25. The third-order valence-electron chi connectivity index (χ3n) is 8.79. The highest BCUT2D eigenvalue weighted by Crippen LogP contribution is 2.44. The quantitative estimate of drug-likeness (QED) is 0.209. The summed E-state index contributed by atoms with van der Waals surface area (Å²) in [5.74, 6) is -0.118. The van der Waals surface area contributed by atoms with Crippen LogP contribution in [-0.4, -0.2) is 50.4 Å². The Morgan fingerprint density at radius 2 is 1.91 bits per heavy atom. The van der Waals surface area contributed by atoms with Crippen LogP contribution in [-0.2, 0) is 11.3 Å². The molecule has 0 radical (unpaired) electrons. The summed E-state index contributed by atoms with van der Waals surface area (Å²) < 4.78 is 21.4. The van der Waals surface area contributed by atoms with E-state index < -0.39 is 18.5 Å². The molecule has 232 valence electrons. The normalized spacial score (nSPS) is 24.8. The van der Waals surface area contributed by atoms with Gasteiger partial charge in [-0.05, 0) is 80.2 Å². The molecule has 6 unspecified atom stereocenters. The van der Waals surface area contributed by atoms with Gasteiger partial charge in [0.05, 0.1) is 17.8 Å². The Morgan fingerprint density at radius 3 is 2.53 bits per heavy atom. The fourth-order valence-electron chi connectivity index (χ4n) is 6.64. The lowest BCUT2D eigenvalue weighted by molar-refractivity contribution is 0.0640. The van der Waals surface area contributed by atoms with Crippen LogP contribution < -0.4 is 5.32 Å². The number of allylic oxidation sites excluding steroid dienone is 6. The first kappa shape index (κ1) is 31.4. The van der Waals surface area contributed by atoms with Crippen molar-refractivity contribution in [1.82, 2.24) is 4.57 Å². The van der Waals surface area contributed by atoms with Crippen LogP contribution >= 0.6 is 0 Å². The van der Waals surface area contributed by atoms with E-state index in [0.29, 0.717) is 36.6 Å². The molecule has 3 aliphatic rings. The molecule has 8 heteroatoms. The second-order valence-corrected chi connectivity index (χ2v) is 12.7. The number of hydrogen-bond acceptors (Lipinski definition) is 5. The third kappa shape index (κ3) is 7.55. The van der Waals surface area contributed by atoms with Crippen LogP contribution in [0.4, 0.5) is 10.1 Å². The second-order valence-electron chi connectivity index (χ2n) is 12.7. The fraction of sp³-hybridized carbons (Fsp3) is 0.514. The Balaban J connectivity index is 1.57. The van der Waals surface area contributed by atoms with Gasteiger partial charge in [-0.15, -0.1) is 0 Å². The number of aliphatic hydroxyl groups excluding tert-OH is 3. The van der Waals surface area contributed by atoms with E-state index >= 15 is 0 Å². The van der Waals surface area contributed by atoms with Crippen LogP contribution in [0.5, 0.6) is 0 Å². The summed E-state index contributed by atoms with van der Waals surface area (Å²) in [6.07, 6.45) is 8.61. The first-order valence-corrected chi connectivity index (χ1v) is 15.7. The summed E-state index contributed by atoms with van der Waals surface area (Å²) in [6.45, 7) is 6.83. The van der Waals surface area contributed by atoms with Crippen LogP contribution in [0.25, 0.3) is 5.57 Å². The number of benzene rings is 1. The first-order valence-electron chi connectivity index (χ1n) is 15.7. The number of aliphatic hydroxyl groups is 3. The van der Waals surface area contributed by atoms with Crippen LogP contribution in [0.2, 0.25) is 0 Å². The van der Waals surface area contributed by atoms with Gasteiger partial charge in [0.15, 0.2) is 6.29 Å². The van der Waals surface area contributed by atoms with Crippen molar-refractivity contribution in [3.05, 3.63) is 83.0 Å². The minimum Gasteiger partial charge on any atom is -0.393 e. The Morgan fingerprint density at radius 1 is 1.16 bits per heavy atom. The fourth-order valence-corrected chi connectivity index (χ4v) is 6.64. The highest BCUT2D eigenvalue weighted by Gasteiger charge is 2.39. The Hall–Kier alpha value is -3.04. The highest BCUT2D eigenvalue weighted by atomic mass is 19.1. The van der Waals surface area contributed by atoms with Crippen molar-refractivity contribution in [1.29, 1.82) is 0 Å². The third-order valence-corrected chi connectivity index (χ3v) is 8.79. The average molecular weight is 593 g/mol. The number of rotatable bonds is 12. The van der Waals surface area contributed by atoms with Gasteiger partial charge in [0.25, 0.3) is 5.91 Å². The van der Waals surface area contributed by atoms with Crippen molar-refractivity contribution in [3.8, 4) is 0 Å². The molecule has 1 aromatic carbocycles. The summed E-state index contributed by atoms with van der Waals surface area (Å²) in [5, 5.41) is 34.0. The van der Waals surface area contributed by atoms with E-state index in [-0.39, 0.29) is 42.5 Å². The largest absolute Gasteiger partial charge is 0.393 e. The monoisotopic (exact) mass is 592 g/mol. The SMILES string of the molecule is CC1CCC=C(c2c(C(=O)Nc3ccccc3)c(C(C)C)n(CCC(O)CC(O)CC3OC3O)c2C2C=CC(F)=CC2)C1. The van der Waals surface area contributed by atoms with Crippen molar-refractivity contribution < 1.29 is 29.2 Å². The molecule has 0 bridgehead atoms. The van der Waals surface area contributed by atoms with E-state index in [2.05, 4.69) is 36.7 Å². The Labute approximate surface area is 253 Å². The topological polar surface area (TPSA) is 107 Å².